The summed E-state index contributed by atoms with van der Waals surface area (Å²) < 4.78 is 26.0. The topological polar surface area (TPSA) is 26.0 Å². The Morgan fingerprint density at radius 3 is 2.71 bits per heavy atom. The predicted octanol–water partition coefficient (Wildman–Crippen LogP) is 3.73. The molecule has 0 spiro atoms. The molecule has 0 aliphatic carbocycles. The maximum atomic E-state index is 12.7. The highest BCUT2D eigenvalue weighted by Gasteiger charge is 2.16. The summed E-state index contributed by atoms with van der Waals surface area (Å²) in [6, 6.07) is 5.21. The van der Waals surface area contributed by atoms with E-state index < -0.39 is 6.43 Å². The summed E-state index contributed by atoms with van der Waals surface area (Å²) in [5.41, 5.74) is 5.67. The van der Waals surface area contributed by atoms with Crippen LogP contribution in [0.2, 0.25) is 0 Å². The fraction of sp³-hybridized carbons (Fsp3) is 0.200. The quantitative estimate of drug-likeness (QED) is 0.717. The van der Waals surface area contributed by atoms with Gasteiger partial charge in [0.05, 0.1) is 5.56 Å². The lowest BCUT2D eigenvalue weighted by Gasteiger charge is -2.04. The van der Waals surface area contributed by atoms with Gasteiger partial charge in [-0.1, -0.05) is 6.07 Å². The molecule has 14 heavy (non-hydrogen) atoms. The molecule has 74 valence electrons. The van der Waals surface area contributed by atoms with Crippen molar-refractivity contribution in [3.05, 3.63) is 28.6 Å². The lowest BCUT2D eigenvalue weighted by molar-refractivity contribution is 0.154. The van der Waals surface area contributed by atoms with Crippen molar-refractivity contribution in [3.8, 4) is 0 Å². The van der Waals surface area contributed by atoms with Gasteiger partial charge in [0.2, 0.25) is 0 Å². The number of thiophene rings is 1. The van der Waals surface area contributed by atoms with Crippen LogP contribution in [0.4, 0.5) is 14.5 Å². The number of benzene rings is 1. The number of nitrogen functional groups attached to an aromatic ring is 1. The molecule has 2 N–H and O–H groups in total. The summed E-state index contributed by atoms with van der Waals surface area (Å²) in [5.74, 6) is 0. The number of hydrogen-bond donors (Lipinski definition) is 1. The average Bonchev–Trinajstić information content (AvgIpc) is 2.43. The fourth-order valence-corrected chi connectivity index (χ4v) is 2.56. The molecule has 0 bridgehead atoms. The van der Waals surface area contributed by atoms with Crippen molar-refractivity contribution in [2.75, 3.05) is 5.73 Å². The Hall–Kier alpha value is -1.16. The molecule has 0 fully saturated rings. The second-order valence-corrected chi connectivity index (χ2v) is 4.40. The average molecular weight is 213 g/mol. The van der Waals surface area contributed by atoms with Crippen molar-refractivity contribution in [1.29, 1.82) is 0 Å². The molecule has 0 unspecified atom stereocenters. The van der Waals surface area contributed by atoms with Gasteiger partial charge in [-0.25, -0.2) is 8.78 Å². The first-order valence-electron chi connectivity index (χ1n) is 4.16. The molecule has 0 amide bonds. The standard InChI is InChI=1S/C10H9F2NS/c1-5-4-6-2-3-7(13)8(10(11)12)9(6)14-5/h2-4,10H,13H2,1H3. The van der Waals surface area contributed by atoms with Crippen molar-refractivity contribution in [2.24, 2.45) is 0 Å². The summed E-state index contributed by atoms with van der Waals surface area (Å²) in [6.45, 7) is 1.90. The molecule has 4 heteroatoms. The Balaban J connectivity index is 2.82. The van der Waals surface area contributed by atoms with Crippen molar-refractivity contribution in [1.82, 2.24) is 0 Å². The highest BCUT2D eigenvalue weighted by molar-refractivity contribution is 7.19. The van der Waals surface area contributed by atoms with E-state index in [2.05, 4.69) is 0 Å². The van der Waals surface area contributed by atoms with Gasteiger partial charge < -0.3 is 5.73 Å². The number of halogens is 2. The first-order chi connectivity index (χ1) is 6.59. The summed E-state index contributed by atoms with van der Waals surface area (Å²) >= 11 is 1.36. The smallest absolute Gasteiger partial charge is 0.267 e. The third-order valence-corrected chi connectivity index (χ3v) is 3.20. The molecule has 1 aromatic carbocycles. The van der Waals surface area contributed by atoms with Gasteiger partial charge >= 0.3 is 0 Å². The van der Waals surface area contributed by atoms with Crippen molar-refractivity contribution >= 4 is 27.1 Å². The third kappa shape index (κ3) is 1.35. The van der Waals surface area contributed by atoms with Gasteiger partial charge in [0.1, 0.15) is 0 Å². The Bertz CT molecular complexity index is 476. The van der Waals surface area contributed by atoms with Crippen molar-refractivity contribution in [2.45, 2.75) is 13.3 Å². The van der Waals surface area contributed by atoms with E-state index in [1.54, 1.807) is 6.07 Å². The minimum absolute atomic E-state index is 0.0272. The molecule has 0 aliphatic heterocycles. The Kier molecular flexibility index (Phi) is 2.15. The number of fused-ring (bicyclic) bond motifs is 1. The molecule has 1 aromatic heterocycles. The molecular weight excluding hydrogens is 204 g/mol. The van der Waals surface area contributed by atoms with Crippen LogP contribution in [0.3, 0.4) is 0 Å². The first kappa shape index (κ1) is 9.40. The van der Waals surface area contributed by atoms with Gasteiger partial charge in [-0.05, 0) is 24.4 Å². The Morgan fingerprint density at radius 2 is 2.07 bits per heavy atom. The van der Waals surface area contributed by atoms with Crippen LogP contribution in [-0.2, 0) is 0 Å². The van der Waals surface area contributed by atoms with E-state index in [0.29, 0.717) is 4.70 Å². The zero-order chi connectivity index (χ0) is 10.3. The van der Waals surface area contributed by atoms with Crippen LogP contribution in [-0.4, -0.2) is 0 Å². The largest absolute Gasteiger partial charge is 0.398 e. The van der Waals surface area contributed by atoms with Crippen LogP contribution in [0, 0.1) is 6.92 Å². The van der Waals surface area contributed by atoms with Gasteiger partial charge in [0, 0.05) is 15.3 Å². The van der Waals surface area contributed by atoms with Gasteiger partial charge in [0.25, 0.3) is 6.43 Å². The second-order valence-electron chi connectivity index (χ2n) is 3.14. The van der Waals surface area contributed by atoms with E-state index in [0.717, 1.165) is 10.3 Å². The van der Waals surface area contributed by atoms with E-state index in [1.807, 2.05) is 13.0 Å². The van der Waals surface area contributed by atoms with Crippen molar-refractivity contribution in [3.63, 3.8) is 0 Å². The van der Waals surface area contributed by atoms with E-state index >= 15 is 0 Å². The highest BCUT2D eigenvalue weighted by Crippen LogP contribution is 2.37. The summed E-state index contributed by atoms with van der Waals surface area (Å²) in [5, 5.41) is 0.844. The number of anilines is 1. The van der Waals surface area contributed by atoms with Gasteiger partial charge in [-0.15, -0.1) is 11.3 Å². The molecule has 0 saturated carbocycles. The number of rotatable bonds is 1. The molecule has 0 atom stereocenters. The van der Waals surface area contributed by atoms with E-state index in [4.69, 9.17) is 5.73 Å². The zero-order valence-corrected chi connectivity index (χ0v) is 8.37. The van der Waals surface area contributed by atoms with Crippen LogP contribution in [0.1, 0.15) is 16.9 Å². The minimum Gasteiger partial charge on any atom is -0.398 e. The lowest BCUT2D eigenvalue weighted by atomic mass is 10.1. The minimum atomic E-state index is -2.50. The molecule has 2 rings (SSSR count). The third-order valence-electron chi connectivity index (χ3n) is 2.10. The molecule has 2 aromatic rings. The van der Waals surface area contributed by atoms with E-state index in [-0.39, 0.29) is 11.3 Å². The second kappa shape index (κ2) is 3.20. The monoisotopic (exact) mass is 213 g/mol. The fourth-order valence-electron chi connectivity index (χ4n) is 1.49. The van der Waals surface area contributed by atoms with Crippen LogP contribution >= 0.6 is 11.3 Å². The maximum Gasteiger partial charge on any atom is 0.267 e. The molecule has 0 saturated heterocycles. The van der Waals surface area contributed by atoms with Crippen molar-refractivity contribution < 1.29 is 8.78 Å². The number of nitrogens with two attached hydrogens (primary N) is 1. The molecule has 1 nitrogen and oxygen atoms in total. The SMILES string of the molecule is Cc1cc2ccc(N)c(C(F)F)c2s1. The van der Waals surface area contributed by atoms with Crippen LogP contribution < -0.4 is 5.73 Å². The normalized spacial score (nSPS) is 11.4. The molecule has 1 heterocycles. The molecule has 0 aliphatic rings. The van der Waals surface area contributed by atoms with Crippen LogP contribution in [0.15, 0.2) is 18.2 Å². The van der Waals surface area contributed by atoms with Gasteiger partial charge in [-0.3, -0.25) is 0 Å². The maximum absolute atomic E-state index is 12.7. The van der Waals surface area contributed by atoms with Gasteiger partial charge in [-0.2, -0.15) is 0 Å². The van der Waals surface area contributed by atoms with Gasteiger partial charge in [0.15, 0.2) is 0 Å². The molecule has 0 radical (unpaired) electrons. The lowest BCUT2D eigenvalue weighted by Crippen LogP contribution is -1.94. The van der Waals surface area contributed by atoms with E-state index in [9.17, 15) is 8.78 Å². The van der Waals surface area contributed by atoms with Crippen LogP contribution in [0.25, 0.3) is 10.1 Å². The number of aryl methyl sites for hydroxylation is 1. The zero-order valence-electron chi connectivity index (χ0n) is 7.55. The highest BCUT2D eigenvalue weighted by atomic mass is 32.1. The molecular formula is C10H9F2NS. The predicted molar refractivity (Wildman–Crippen MR) is 55.9 cm³/mol. The summed E-state index contributed by atoms with van der Waals surface area (Å²) in [6.07, 6.45) is -2.50. The Morgan fingerprint density at radius 1 is 1.36 bits per heavy atom. The first-order valence-corrected chi connectivity index (χ1v) is 4.98. The van der Waals surface area contributed by atoms with E-state index in [1.165, 1.54) is 17.4 Å². The Labute approximate surface area is 84.2 Å². The van der Waals surface area contributed by atoms with Crippen LogP contribution in [0.5, 0.6) is 0 Å². The number of alkyl halides is 2. The summed E-state index contributed by atoms with van der Waals surface area (Å²) in [4.78, 5) is 1.02. The summed E-state index contributed by atoms with van der Waals surface area (Å²) in [7, 11) is 0. The number of hydrogen-bond acceptors (Lipinski definition) is 2.